The smallest absolute Gasteiger partial charge is 0.287 e. The Labute approximate surface area is 165 Å². The molecule has 0 aliphatic carbocycles. The van der Waals surface area contributed by atoms with Gasteiger partial charge in [-0.2, -0.15) is 0 Å². The van der Waals surface area contributed by atoms with Gasteiger partial charge in [-0.25, -0.2) is 0 Å². The number of anilines is 1. The second-order valence-electron chi connectivity index (χ2n) is 7.10. The summed E-state index contributed by atoms with van der Waals surface area (Å²) in [6, 6.07) is 16.9. The molecule has 6 nitrogen and oxygen atoms in total. The first kappa shape index (κ1) is 19.9. The second kappa shape index (κ2) is 9.37. The van der Waals surface area contributed by atoms with E-state index in [9.17, 15) is 9.59 Å². The normalized spacial score (nSPS) is 20.2. The highest BCUT2D eigenvalue weighted by atomic mass is 16.5. The fraction of sp³-hybridized carbons (Fsp3) is 0.364. The molecule has 0 radical (unpaired) electrons. The van der Waals surface area contributed by atoms with E-state index < -0.39 is 0 Å². The monoisotopic (exact) mass is 382 g/mol. The zero-order valence-corrected chi connectivity index (χ0v) is 16.2. The quantitative estimate of drug-likeness (QED) is 0.679. The minimum Gasteiger partial charge on any atom is -0.492 e. The lowest BCUT2D eigenvalue weighted by molar-refractivity contribution is -0.927. The van der Waals surface area contributed by atoms with Crippen molar-refractivity contribution in [1.29, 1.82) is 0 Å². The highest BCUT2D eigenvalue weighted by Gasteiger charge is 2.36. The van der Waals surface area contributed by atoms with Crippen LogP contribution in [0.2, 0.25) is 0 Å². The average molecular weight is 382 g/mol. The standard InChI is InChI=1S/C22H27N3O3/c1-2-28-19-11-7-6-10-18(19)24-22(27)20(16-8-4-3-5-9-16)25-14-12-17(13-15-25)21(23)26/h3-11,17,20H,2,12-15H2,1H3,(H2,23,26)(H,24,27)/p+1/t20-/m0/s1. The molecule has 148 valence electrons. The van der Waals surface area contributed by atoms with Crippen LogP contribution in [0.3, 0.4) is 0 Å². The molecule has 2 aromatic rings. The van der Waals surface area contributed by atoms with Crippen molar-refractivity contribution >= 4 is 17.5 Å². The molecular weight excluding hydrogens is 354 g/mol. The van der Waals surface area contributed by atoms with E-state index in [0.717, 1.165) is 23.6 Å². The maximum absolute atomic E-state index is 13.3. The zero-order valence-electron chi connectivity index (χ0n) is 16.2. The van der Waals surface area contributed by atoms with E-state index in [0.29, 0.717) is 30.9 Å². The van der Waals surface area contributed by atoms with E-state index in [2.05, 4.69) is 5.32 Å². The minimum atomic E-state index is -0.357. The van der Waals surface area contributed by atoms with Crippen LogP contribution in [-0.4, -0.2) is 31.5 Å². The van der Waals surface area contributed by atoms with Crippen LogP contribution in [0.15, 0.2) is 54.6 Å². The molecule has 0 saturated carbocycles. The van der Waals surface area contributed by atoms with Crippen LogP contribution in [0.1, 0.15) is 31.4 Å². The van der Waals surface area contributed by atoms with Gasteiger partial charge in [-0.3, -0.25) is 9.59 Å². The summed E-state index contributed by atoms with van der Waals surface area (Å²) < 4.78 is 5.64. The number of likely N-dealkylation sites (tertiary alicyclic amines) is 1. The summed E-state index contributed by atoms with van der Waals surface area (Å²) in [4.78, 5) is 25.9. The van der Waals surface area contributed by atoms with Crippen molar-refractivity contribution in [2.45, 2.75) is 25.8 Å². The third-order valence-electron chi connectivity index (χ3n) is 5.28. The number of nitrogens with two attached hydrogens (primary N) is 1. The Morgan fingerprint density at radius 1 is 1.11 bits per heavy atom. The van der Waals surface area contributed by atoms with Crippen LogP contribution in [-0.2, 0) is 9.59 Å². The Kier molecular flexibility index (Phi) is 6.66. The lowest BCUT2D eigenvalue weighted by Crippen LogP contribution is -3.14. The third-order valence-corrected chi connectivity index (χ3v) is 5.28. The number of primary amides is 1. The molecule has 0 aromatic heterocycles. The van der Waals surface area contributed by atoms with Crippen LogP contribution in [0, 0.1) is 5.92 Å². The zero-order chi connectivity index (χ0) is 19.9. The molecule has 0 bridgehead atoms. The highest BCUT2D eigenvalue weighted by molar-refractivity contribution is 5.95. The van der Waals surface area contributed by atoms with Crippen molar-refractivity contribution in [2.75, 3.05) is 25.0 Å². The van der Waals surface area contributed by atoms with Crippen molar-refractivity contribution in [2.24, 2.45) is 11.7 Å². The van der Waals surface area contributed by atoms with Gasteiger partial charge in [0, 0.05) is 24.3 Å². The molecule has 1 aliphatic rings. The number of piperidine rings is 1. The molecule has 1 fully saturated rings. The Hall–Kier alpha value is -2.86. The van der Waals surface area contributed by atoms with E-state index in [1.54, 1.807) is 0 Å². The number of nitrogens with one attached hydrogen (secondary N) is 2. The van der Waals surface area contributed by atoms with Gasteiger partial charge in [0.15, 0.2) is 6.04 Å². The summed E-state index contributed by atoms with van der Waals surface area (Å²) in [7, 11) is 0. The van der Waals surface area contributed by atoms with Crippen molar-refractivity contribution in [3.05, 3.63) is 60.2 Å². The molecule has 4 N–H and O–H groups in total. The first-order valence-corrected chi connectivity index (χ1v) is 9.81. The van der Waals surface area contributed by atoms with Crippen molar-refractivity contribution in [1.82, 2.24) is 0 Å². The molecule has 28 heavy (non-hydrogen) atoms. The molecule has 1 heterocycles. The van der Waals surface area contributed by atoms with Crippen LogP contribution >= 0.6 is 0 Å². The van der Waals surface area contributed by atoms with E-state index in [1.807, 2.05) is 61.5 Å². The lowest BCUT2D eigenvalue weighted by atomic mass is 9.93. The van der Waals surface area contributed by atoms with E-state index in [1.165, 1.54) is 0 Å². The van der Waals surface area contributed by atoms with Gasteiger partial charge in [0.05, 0.1) is 25.4 Å². The number of quaternary nitrogens is 1. The number of hydrogen-bond acceptors (Lipinski definition) is 3. The van der Waals surface area contributed by atoms with E-state index in [-0.39, 0.29) is 23.8 Å². The first-order valence-electron chi connectivity index (χ1n) is 9.81. The molecule has 1 atom stereocenters. The summed E-state index contributed by atoms with van der Waals surface area (Å²) in [5, 5.41) is 3.05. The second-order valence-corrected chi connectivity index (χ2v) is 7.10. The number of carbonyl (C=O) groups is 2. The van der Waals surface area contributed by atoms with Gasteiger partial charge in [-0.05, 0) is 19.1 Å². The fourth-order valence-electron chi connectivity index (χ4n) is 3.84. The van der Waals surface area contributed by atoms with Crippen LogP contribution < -0.4 is 20.7 Å². The Balaban J connectivity index is 1.82. The summed E-state index contributed by atoms with van der Waals surface area (Å²) >= 11 is 0. The number of ether oxygens (including phenoxy) is 1. The molecule has 2 amide bonds. The number of rotatable bonds is 7. The van der Waals surface area contributed by atoms with E-state index in [4.69, 9.17) is 10.5 Å². The lowest BCUT2D eigenvalue weighted by Gasteiger charge is -2.33. The van der Waals surface area contributed by atoms with Crippen LogP contribution in [0.25, 0.3) is 0 Å². The van der Waals surface area contributed by atoms with Crippen molar-refractivity contribution in [3.8, 4) is 5.75 Å². The molecule has 0 spiro atoms. The maximum Gasteiger partial charge on any atom is 0.287 e. The Morgan fingerprint density at radius 3 is 2.39 bits per heavy atom. The molecule has 1 saturated heterocycles. The van der Waals surface area contributed by atoms with Gasteiger partial charge < -0.3 is 20.7 Å². The molecule has 1 aliphatic heterocycles. The number of carbonyl (C=O) groups excluding carboxylic acids is 2. The predicted molar refractivity (Wildman–Crippen MR) is 108 cm³/mol. The largest absolute Gasteiger partial charge is 0.492 e. The number of amides is 2. The summed E-state index contributed by atoms with van der Waals surface area (Å²) in [5.74, 6) is 0.241. The van der Waals surface area contributed by atoms with Crippen molar-refractivity contribution in [3.63, 3.8) is 0 Å². The molecule has 2 aromatic carbocycles. The molecular formula is C22H28N3O3+. The first-order chi connectivity index (χ1) is 13.6. The maximum atomic E-state index is 13.3. The van der Waals surface area contributed by atoms with Gasteiger partial charge in [0.2, 0.25) is 5.91 Å². The minimum absolute atomic E-state index is 0.0779. The third kappa shape index (κ3) is 4.70. The van der Waals surface area contributed by atoms with Crippen LogP contribution in [0.5, 0.6) is 5.75 Å². The Bertz CT molecular complexity index is 802. The summed E-state index contributed by atoms with van der Waals surface area (Å²) in [6.07, 6.45) is 1.41. The summed E-state index contributed by atoms with van der Waals surface area (Å²) in [6.45, 7) is 3.90. The van der Waals surface area contributed by atoms with Gasteiger partial charge >= 0.3 is 0 Å². The highest BCUT2D eigenvalue weighted by Crippen LogP contribution is 2.25. The Morgan fingerprint density at radius 2 is 1.75 bits per heavy atom. The van der Waals surface area contributed by atoms with Crippen molar-refractivity contribution < 1.29 is 19.2 Å². The van der Waals surface area contributed by atoms with E-state index >= 15 is 0 Å². The molecule has 6 heteroatoms. The number of benzene rings is 2. The number of hydrogen-bond donors (Lipinski definition) is 3. The SMILES string of the molecule is CCOc1ccccc1NC(=O)[C@H](c1ccccc1)[NH+]1CCC(C(N)=O)CC1. The summed E-state index contributed by atoms with van der Waals surface area (Å²) in [5.41, 5.74) is 7.09. The van der Waals surface area contributed by atoms with Gasteiger partial charge in [0.25, 0.3) is 5.91 Å². The fourth-order valence-corrected chi connectivity index (χ4v) is 3.84. The topological polar surface area (TPSA) is 85.9 Å². The van der Waals surface area contributed by atoms with Gasteiger partial charge in [-0.1, -0.05) is 42.5 Å². The average Bonchev–Trinajstić information content (AvgIpc) is 2.71. The predicted octanol–water partition coefficient (Wildman–Crippen LogP) is 1.55. The molecule has 3 rings (SSSR count). The van der Waals surface area contributed by atoms with Crippen LogP contribution in [0.4, 0.5) is 5.69 Å². The van der Waals surface area contributed by atoms with Gasteiger partial charge in [0.1, 0.15) is 5.75 Å². The van der Waals surface area contributed by atoms with Gasteiger partial charge in [-0.15, -0.1) is 0 Å². The number of para-hydroxylation sites is 2. The molecule has 0 unspecified atom stereocenters.